The van der Waals surface area contributed by atoms with Crippen LogP contribution in [0.25, 0.3) is 0 Å². The van der Waals surface area contributed by atoms with E-state index in [0.717, 1.165) is 17.7 Å². The number of aldehydes is 1. The van der Waals surface area contributed by atoms with Gasteiger partial charge < -0.3 is 46.2 Å². The summed E-state index contributed by atoms with van der Waals surface area (Å²) in [5.74, 6) is 3.03. The maximum Gasteiger partial charge on any atom is 0.311 e. The average molecular weight is 732 g/mol. The number of likely N-dealkylation sites (N-methyl/N-ethyl adjacent to an activating group) is 1. The van der Waals surface area contributed by atoms with E-state index >= 15 is 0 Å². The number of nitrogens with two attached hydrogens (primary N) is 2. The summed E-state index contributed by atoms with van der Waals surface area (Å²) in [5, 5.41) is 18.3. The number of rotatable bonds is 21. The molecule has 0 aliphatic carbocycles. The number of carbonyl (C=O) groups is 6. The van der Waals surface area contributed by atoms with E-state index in [4.69, 9.17) is 21.1 Å². The second-order valence-corrected chi connectivity index (χ2v) is 14.2. The van der Waals surface area contributed by atoms with E-state index in [1.165, 1.54) is 23.2 Å². The van der Waals surface area contributed by atoms with Gasteiger partial charge in [0.25, 0.3) is 0 Å². The molecule has 4 amide bonds. The van der Waals surface area contributed by atoms with E-state index in [0.29, 0.717) is 18.4 Å². The molecule has 0 fully saturated rings. The van der Waals surface area contributed by atoms with E-state index in [2.05, 4.69) is 16.0 Å². The van der Waals surface area contributed by atoms with Gasteiger partial charge in [0.1, 0.15) is 18.9 Å². The number of esters is 1. The van der Waals surface area contributed by atoms with E-state index < -0.39 is 46.7 Å². The minimum atomic E-state index is -1.04. The van der Waals surface area contributed by atoms with Crippen LogP contribution in [0.15, 0.2) is 48.3 Å². The fourth-order valence-electron chi connectivity index (χ4n) is 4.46. The maximum atomic E-state index is 13.3. The van der Waals surface area contributed by atoms with Crippen LogP contribution < -0.4 is 27.5 Å². The van der Waals surface area contributed by atoms with Crippen LogP contribution in [-0.2, 0) is 44.8 Å². The van der Waals surface area contributed by atoms with Crippen LogP contribution in [0, 0.1) is 11.3 Å². The Balaban J connectivity index is 2.91. The summed E-state index contributed by atoms with van der Waals surface area (Å²) in [6, 6.07) is 4.62. The third kappa shape index (κ3) is 16.9. The molecule has 0 aliphatic rings. The lowest BCUT2D eigenvalue weighted by molar-refractivity contribution is -0.154. The second-order valence-electron chi connectivity index (χ2n) is 14.2. The monoisotopic (exact) mass is 731 g/mol. The summed E-state index contributed by atoms with van der Waals surface area (Å²) in [6.07, 6.45) is 3.88. The summed E-state index contributed by atoms with van der Waals surface area (Å²) in [6.45, 7) is 12.4. The summed E-state index contributed by atoms with van der Waals surface area (Å²) >= 11 is 0. The quantitative estimate of drug-likeness (QED) is 0.0343. The highest BCUT2D eigenvalue weighted by Crippen LogP contribution is 2.18. The van der Waals surface area contributed by atoms with E-state index in [9.17, 15) is 33.9 Å². The molecule has 0 bridgehead atoms. The minimum absolute atomic E-state index is 0.0419. The molecule has 0 heterocycles. The fourth-order valence-corrected chi connectivity index (χ4v) is 4.46. The third-order valence-electron chi connectivity index (χ3n) is 7.68. The first-order valence-corrected chi connectivity index (χ1v) is 17.0. The number of aliphatic hydroxyl groups excluding tert-OH is 1. The van der Waals surface area contributed by atoms with Crippen LogP contribution in [-0.4, -0.2) is 102 Å². The highest BCUT2D eigenvalue weighted by Gasteiger charge is 2.29. The Morgan fingerprint density at radius 1 is 1.02 bits per heavy atom. The number of nitrogens with zero attached hydrogens (tertiary/aromatic N) is 2. The molecule has 1 aromatic carbocycles. The van der Waals surface area contributed by atoms with Crippen molar-refractivity contribution in [3.8, 4) is 0 Å². The molecule has 52 heavy (non-hydrogen) atoms. The molecule has 16 nitrogen and oxygen atoms in total. The predicted molar refractivity (Wildman–Crippen MR) is 195 cm³/mol. The highest BCUT2D eigenvalue weighted by molar-refractivity contribution is 5.96. The van der Waals surface area contributed by atoms with Crippen LogP contribution in [0.2, 0.25) is 0 Å². The van der Waals surface area contributed by atoms with Gasteiger partial charge in [0.05, 0.1) is 43.2 Å². The van der Waals surface area contributed by atoms with Gasteiger partial charge in [-0.1, -0.05) is 26.0 Å². The van der Waals surface area contributed by atoms with Crippen molar-refractivity contribution in [2.24, 2.45) is 22.9 Å². The topological polar surface area (TPSA) is 236 Å². The lowest BCUT2D eigenvalue weighted by Crippen LogP contribution is -2.52. The zero-order chi connectivity index (χ0) is 39.6. The standard InChI is InChI=1S/C36H57N7O9/c1-24(2)32(33(49)39-21-30(47)40-26-13-11-25(12-14-26)23-51-34(50)35(3,4)5)41-29(46)20-28(42(8)31(48)10-9-17-44)27(37)22-43(38)16-19-52-36(6,7)15-18-45/h9-14,17,22,24,28,32,45H,15-16,18-21,23,37-38H2,1-8H3,(H,39,49)(H,40,47)(H,41,46)/b10-9-,27-22-/t28-,32?/m1/s1. The van der Waals surface area contributed by atoms with E-state index in [1.807, 2.05) is 13.8 Å². The van der Waals surface area contributed by atoms with Crippen molar-refractivity contribution in [3.05, 3.63) is 53.9 Å². The van der Waals surface area contributed by atoms with Gasteiger partial charge >= 0.3 is 5.97 Å². The second kappa shape index (κ2) is 21.5. The number of carbonyl (C=O) groups excluding carboxylic acids is 6. The molecule has 0 saturated heterocycles. The molecule has 0 aromatic heterocycles. The number of nitrogens with one attached hydrogen (secondary N) is 3. The Labute approximate surface area is 306 Å². The van der Waals surface area contributed by atoms with Gasteiger partial charge in [-0.05, 0) is 70.7 Å². The van der Waals surface area contributed by atoms with Crippen molar-refractivity contribution in [1.29, 1.82) is 0 Å². The molecule has 0 spiro atoms. The largest absolute Gasteiger partial charge is 0.460 e. The lowest BCUT2D eigenvalue weighted by Gasteiger charge is -2.30. The maximum absolute atomic E-state index is 13.3. The Kier molecular flexibility index (Phi) is 18.7. The molecule has 8 N–H and O–H groups in total. The van der Waals surface area contributed by atoms with Gasteiger partial charge in [0, 0.05) is 37.3 Å². The molecule has 16 heteroatoms. The molecular weight excluding hydrogens is 674 g/mol. The minimum Gasteiger partial charge on any atom is -0.460 e. The first-order chi connectivity index (χ1) is 24.2. The van der Waals surface area contributed by atoms with Crippen molar-refractivity contribution >= 4 is 41.6 Å². The van der Waals surface area contributed by atoms with Gasteiger partial charge in [-0.3, -0.25) is 28.8 Å². The number of hydrogen-bond acceptors (Lipinski definition) is 12. The number of amides is 4. The van der Waals surface area contributed by atoms with Crippen molar-refractivity contribution in [2.75, 3.05) is 38.7 Å². The molecule has 1 rings (SSSR count). The molecule has 0 aliphatic heterocycles. The smallest absolute Gasteiger partial charge is 0.311 e. The van der Waals surface area contributed by atoms with Gasteiger partial charge in [0.15, 0.2) is 0 Å². The zero-order valence-electron chi connectivity index (χ0n) is 31.6. The van der Waals surface area contributed by atoms with Crippen molar-refractivity contribution in [3.63, 3.8) is 0 Å². The first-order valence-electron chi connectivity index (χ1n) is 17.0. The van der Waals surface area contributed by atoms with Crippen molar-refractivity contribution in [1.82, 2.24) is 20.5 Å². The molecule has 2 atom stereocenters. The highest BCUT2D eigenvalue weighted by atomic mass is 16.5. The number of hydrogen-bond donors (Lipinski definition) is 6. The van der Waals surface area contributed by atoms with Gasteiger partial charge in [-0.25, -0.2) is 5.84 Å². The normalized spacial score (nSPS) is 13.2. The zero-order valence-corrected chi connectivity index (χ0v) is 31.6. The van der Waals surface area contributed by atoms with Gasteiger partial charge in [0.2, 0.25) is 23.6 Å². The molecule has 0 radical (unpaired) electrons. The molecule has 290 valence electrons. The van der Waals surface area contributed by atoms with Crippen LogP contribution in [0.4, 0.5) is 5.69 Å². The predicted octanol–water partition coefficient (Wildman–Crippen LogP) is 1.10. The molecule has 1 aromatic rings. The van der Waals surface area contributed by atoms with Crippen molar-refractivity contribution in [2.45, 2.75) is 85.6 Å². The number of ether oxygens (including phenoxy) is 2. The van der Waals surface area contributed by atoms with Crippen LogP contribution >= 0.6 is 0 Å². The molecule has 0 saturated carbocycles. The summed E-state index contributed by atoms with van der Waals surface area (Å²) in [7, 11) is 1.40. The number of anilines is 1. The summed E-state index contributed by atoms with van der Waals surface area (Å²) in [5.41, 5.74) is 6.38. The van der Waals surface area contributed by atoms with Crippen LogP contribution in [0.1, 0.15) is 66.9 Å². The fraction of sp³-hybridized carbons (Fsp3) is 0.556. The van der Waals surface area contributed by atoms with Crippen LogP contribution in [0.3, 0.4) is 0 Å². The number of allylic oxidation sites excluding steroid dienone is 1. The third-order valence-corrected chi connectivity index (χ3v) is 7.68. The van der Waals surface area contributed by atoms with Crippen LogP contribution in [0.5, 0.6) is 0 Å². The van der Waals surface area contributed by atoms with Gasteiger partial charge in [-0.15, -0.1) is 0 Å². The number of benzene rings is 1. The van der Waals surface area contributed by atoms with E-state index in [1.54, 1.807) is 58.9 Å². The number of aliphatic hydroxyl groups is 1. The molecular formula is C36H57N7O9. The Hall–Kier alpha value is -4.80. The lowest BCUT2D eigenvalue weighted by atomic mass is 9.97. The van der Waals surface area contributed by atoms with Gasteiger partial charge in [-0.2, -0.15) is 0 Å². The number of hydrazine groups is 1. The van der Waals surface area contributed by atoms with Crippen molar-refractivity contribution < 1.29 is 43.3 Å². The Bertz CT molecular complexity index is 1420. The Morgan fingerprint density at radius 3 is 2.21 bits per heavy atom. The van der Waals surface area contributed by atoms with E-state index in [-0.39, 0.29) is 56.9 Å². The Morgan fingerprint density at radius 2 is 1.65 bits per heavy atom. The first kappa shape index (κ1) is 45.2. The average Bonchev–Trinajstić information content (AvgIpc) is 3.05. The molecule has 1 unspecified atom stereocenters. The summed E-state index contributed by atoms with van der Waals surface area (Å²) in [4.78, 5) is 75.7. The summed E-state index contributed by atoms with van der Waals surface area (Å²) < 4.78 is 11.1. The SMILES string of the molecule is CC(C)C(NC(=O)C[C@H](/C(N)=C/N(N)CCOC(C)(C)CCO)N(C)C(=O)/C=C\C=O)C(=O)NCC(=O)Nc1ccc(COC(=O)C(C)(C)C)cc1.